The molecule has 1 heterocycles. The van der Waals surface area contributed by atoms with Crippen LogP contribution < -0.4 is 10.6 Å². The maximum Gasteiger partial charge on any atom is 0.251 e. The summed E-state index contributed by atoms with van der Waals surface area (Å²) in [7, 11) is 0. The molecule has 0 aliphatic carbocycles. The molecule has 2 rings (SSSR count). The van der Waals surface area contributed by atoms with E-state index in [1.54, 1.807) is 0 Å². The fraction of sp³-hybridized carbons (Fsp3) is 0.417. The maximum absolute atomic E-state index is 12.9. The summed E-state index contributed by atoms with van der Waals surface area (Å²) in [6.45, 7) is 1.82. The third-order valence-corrected chi connectivity index (χ3v) is 3.15. The van der Waals surface area contributed by atoms with Gasteiger partial charge in [0.05, 0.1) is 5.02 Å². The smallest absolute Gasteiger partial charge is 0.251 e. The molecule has 1 amide bonds. The third-order valence-electron chi connectivity index (χ3n) is 2.86. The predicted molar refractivity (Wildman–Crippen MR) is 64.8 cm³/mol. The monoisotopic (exact) mass is 256 g/mol. The van der Waals surface area contributed by atoms with Crippen molar-refractivity contribution in [1.82, 2.24) is 10.6 Å². The van der Waals surface area contributed by atoms with E-state index in [2.05, 4.69) is 10.6 Å². The Morgan fingerprint density at radius 2 is 2.12 bits per heavy atom. The molecule has 0 spiro atoms. The van der Waals surface area contributed by atoms with E-state index in [0.29, 0.717) is 5.56 Å². The summed E-state index contributed by atoms with van der Waals surface area (Å²) in [6, 6.07) is 4.19. The molecule has 0 bridgehead atoms. The molecule has 0 atom stereocenters. The van der Waals surface area contributed by atoms with Crippen LogP contribution in [0.1, 0.15) is 23.2 Å². The second-order valence-electron chi connectivity index (χ2n) is 4.13. The Labute approximate surface area is 104 Å². The third kappa shape index (κ3) is 3.17. The highest BCUT2D eigenvalue weighted by Crippen LogP contribution is 2.16. The zero-order valence-corrected chi connectivity index (χ0v) is 10.1. The zero-order chi connectivity index (χ0) is 12.3. The fourth-order valence-electron chi connectivity index (χ4n) is 1.87. The lowest BCUT2D eigenvalue weighted by atomic mass is 10.1. The summed E-state index contributed by atoms with van der Waals surface area (Å²) in [6.07, 6.45) is 1.83. The van der Waals surface area contributed by atoms with Crippen LogP contribution in [0.15, 0.2) is 18.2 Å². The van der Waals surface area contributed by atoms with E-state index >= 15 is 0 Å². The number of nitrogens with one attached hydrogen (secondary N) is 2. The molecule has 0 unspecified atom stereocenters. The van der Waals surface area contributed by atoms with E-state index in [1.165, 1.54) is 18.2 Å². The van der Waals surface area contributed by atoms with Crippen LogP contribution in [0.2, 0.25) is 5.02 Å². The number of benzene rings is 1. The van der Waals surface area contributed by atoms with Crippen LogP contribution in [0.5, 0.6) is 0 Å². The minimum atomic E-state index is -0.509. The highest BCUT2D eigenvalue weighted by molar-refractivity contribution is 6.31. The molecule has 1 aromatic rings. The number of rotatable bonds is 2. The lowest BCUT2D eigenvalue weighted by molar-refractivity contribution is 0.0929. The molecule has 17 heavy (non-hydrogen) atoms. The predicted octanol–water partition coefficient (Wildman–Crippen LogP) is 1.96. The average Bonchev–Trinajstić information content (AvgIpc) is 2.34. The molecule has 2 N–H and O–H groups in total. The van der Waals surface area contributed by atoms with E-state index in [4.69, 9.17) is 11.6 Å². The number of amides is 1. The fourth-order valence-corrected chi connectivity index (χ4v) is 2.05. The Bertz CT molecular complexity index is 419. The number of piperidine rings is 1. The first-order chi connectivity index (χ1) is 8.16. The molecular weight excluding hydrogens is 243 g/mol. The lowest BCUT2D eigenvalue weighted by Gasteiger charge is -2.23. The van der Waals surface area contributed by atoms with Crippen molar-refractivity contribution in [2.24, 2.45) is 0 Å². The summed E-state index contributed by atoms with van der Waals surface area (Å²) >= 11 is 5.64. The van der Waals surface area contributed by atoms with Gasteiger partial charge in [-0.05, 0) is 44.1 Å². The summed E-state index contributed by atoms with van der Waals surface area (Å²) in [5.74, 6) is -0.705. The van der Waals surface area contributed by atoms with Gasteiger partial charge in [0.15, 0.2) is 0 Å². The van der Waals surface area contributed by atoms with Crippen LogP contribution in [0.25, 0.3) is 0 Å². The maximum atomic E-state index is 12.9. The highest BCUT2D eigenvalue weighted by atomic mass is 35.5. The minimum absolute atomic E-state index is 0.0250. The quantitative estimate of drug-likeness (QED) is 0.849. The summed E-state index contributed by atoms with van der Waals surface area (Å²) in [5.41, 5.74) is 0.398. The second kappa shape index (κ2) is 5.47. The van der Waals surface area contributed by atoms with E-state index < -0.39 is 5.82 Å². The van der Waals surface area contributed by atoms with Gasteiger partial charge < -0.3 is 10.6 Å². The normalized spacial score (nSPS) is 16.8. The number of carbonyl (C=O) groups excluding carboxylic acids is 1. The van der Waals surface area contributed by atoms with E-state index in [-0.39, 0.29) is 17.0 Å². The van der Waals surface area contributed by atoms with Crippen molar-refractivity contribution in [3.8, 4) is 0 Å². The topological polar surface area (TPSA) is 41.1 Å². The van der Waals surface area contributed by atoms with Crippen LogP contribution in [0, 0.1) is 5.82 Å². The van der Waals surface area contributed by atoms with Gasteiger partial charge in [-0.2, -0.15) is 0 Å². The van der Waals surface area contributed by atoms with Gasteiger partial charge in [-0.3, -0.25) is 4.79 Å². The second-order valence-corrected chi connectivity index (χ2v) is 4.53. The van der Waals surface area contributed by atoms with Gasteiger partial charge in [-0.1, -0.05) is 11.6 Å². The first-order valence-electron chi connectivity index (χ1n) is 5.63. The molecule has 1 aromatic carbocycles. The standard InChI is InChI=1S/C12H14ClFN2O/c13-10-7-8(1-2-11(10)14)12(17)16-9-3-5-15-6-4-9/h1-2,7,9,15H,3-6H2,(H,16,17). The van der Waals surface area contributed by atoms with Crippen molar-refractivity contribution >= 4 is 17.5 Å². The molecule has 5 heteroatoms. The van der Waals surface area contributed by atoms with E-state index in [1.807, 2.05) is 0 Å². The molecule has 0 aromatic heterocycles. The highest BCUT2D eigenvalue weighted by Gasteiger charge is 2.16. The lowest BCUT2D eigenvalue weighted by Crippen LogP contribution is -2.42. The van der Waals surface area contributed by atoms with Crippen molar-refractivity contribution < 1.29 is 9.18 Å². The molecular formula is C12H14ClFN2O. The number of hydrogen-bond donors (Lipinski definition) is 2. The van der Waals surface area contributed by atoms with Crippen LogP contribution in [-0.4, -0.2) is 25.0 Å². The first-order valence-corrected chi connectivity index (χ1v) is 6.01. The first kappa shape index (κ1) is 12.3. The Balaban J connectivity index is 2.01. The molecule has 0 saturated carbocycles. The van der Waals surface area contributed by atoms with E-state index in [9.17, 15) is 9.18 Å². The molecule has 1 aliphatic heterocycles. The minimum Gasteiger partial charge on any atom is -0.349 e. The molecule has 1 aliphatic rings. The molecule has 0 radical (unpaired) electrons. The van der Waals surface area contributed by atoms with Gasteiger partial charge >= 0.3 is 0 Å². The summed E-state index contributed by atoms with van der Waals surface area (Å²) < 4.78 is 12.9. The number of carbonyl (C=O) groups is 1. The van der Waals surface area contributed by atoms with Crippen LogP contribution in [-0.2, 0) is 0 Å². The van der Waals surface area contributed by atoms with Crippen molar-refractivity contribution in [1.29, 1.82) is 0 Å². The van der Waals surface area contributed by atoms with Crippen LogP contribution in [0.4, 0.5) is 4.39 Å². The van der Waals surface area contributed by atoms with Crippen LogP contribution >= 0.6 is 11.6 Å². The van der Waals surface area contributed by atoms with Crippen molar-refractivity contribution in [2.75, 3.05) is 13.1 Å². The van der Waals surface area contributed by atoms with Gasteiger partial charge in [-0.15, -0.1) is 0 Å². The molecule has 92 valence electrons. The largest absolute Gasteiger partial charge is 0.349 e. The Hall–Kier alpha value is -1.13. The molecule has 1 saturated heterocycles. The average molecular weight is 257 g/mol. The van der Waals surface area contributed by atoms with Crippen molar-refractivity contribution in [3.05, 3.63) is 34.6 Å². The van der Waals surface area contributed by atoms with Crippen molar-refractivity contribution in [2.45, 2.75) is 18.9 Å². The molecule has 3 nitrogen and oxygen atoms in total. The summed E-state index contributed by atoms with van der Waals surface area (Å²) in [4.78, 5) is 11.9. The van der Waals surface area contributed by atoms with Gasteiger partial charge in [0.2, 0.25) is 0 Å². The van der Waals surface area contributed by atoms with Gasteiger partial charge in [0, 0.05) is 11.6 Å². The van der Waals surface area contributed by atoms with Crippen molar-refractivity contribution in [3.63, 3.8) is 0 Å². The van der Waals surface area contributed by atoms with E-state index in [0.717, 1.165) is 25.9 Å². The number of hydrogen-bond acceptors (Lipinski definition) is 2. The SMILES string of the molecule is O=C(NC1CCNCC1)c1ccc(F)c(Cl)c1. The molecule has 1 fully saturated rings. The summed E-state index contributed by atoms with van der Waals surface area (Å²) in [5, 5.41) is 6.12. The van der Waals surface area contributed by atoms with Crippen LogP contribution in [0.3, 0.4) is 0 Å². The van der Waals surface area contributed by atoms with Gasteiger partial charge in [0.25, 0.3) is 5.91 Å². The van der Waals surface area contributed by atoms with Gasteiger partial charge in [-0.25, -0.2) is 4.39 Å². The van der Waals surface area contributed by atoms with Gasteiger partial charge in [0.1, 0.15) is 5.82 Å². The Kier molecular flexibility index (Phi) is 3.97. The zero-order valence-electron chi connectivity index (χ0n) is 9.30. The Morgan fingerprint density at radius 1 is 1.41 bits per heavy atom. The number of halogens is 2. The Morgan fingerprint density at radius 3 is 2.76 bits per heavy atom.